The van der Waals surface area contributed by atoms with Crippen LogP contribution < -0.4 is 5.32 Å². The van der Waals surface area contributed by atoms with Gasteiger partial charge >= 0.3 is 6.03 Å². The number of carbonyl (C=O) groups is 1. The Morgan fingerprint density at radius 1 is 1.25 bits per heavy atom. The van der Waals surface area contributed by atoms with E-state index in [1.54, 1.807) is 6.20 Å². The number of likely N-dealkylation sites (tertiary alicyclic amines) is 1. The number of pyridine rings is 1. The first kappa shape index (κ1) is 16.2. The Kier molecular flexibility index (Phi) is 5.26. The average Bonchev–Trinajstić information content (AvgIpc) is 3.11. The molecule has 1 saturated heterocycles. The standard InChI is InChI=1S/C20H23N3O/c1-2-19-7-5-15-23(19)20(24)22-18-12-9-16(10-13-18)8-11-17-6-3-4-14-21-17/h3-4,6,8-14,19H,2,5,7,15H2,1H3,(H,22,24)/b11-8+/t19-/m0/s1. The highest BCUT2D eigenvalue weighted by molar-refractivity contribution is 5.90. The minimum atomic E-state index is 0.0103. The molecule has 3 rings (SSSR count). The van der Waals surface area contributed by atoms with E-state index in [4.69, 9.17) is 0 Å². The molecule has 124 valence electrons. The van der Waals surface area contributed by atoms with Crippen LogP contribution in [0.4, 0.5) is 10.5 Å². The highest BCUT2D eigenvalue weighted by Crippen LogP contribution is 2.21. The van der Waals surface area contributed by atoms with Gasteiger partial charge in [0.1, 0.15) is 0 Å². The van der Waals surface area contributed by atoms with E-state index < -0.39 is 0 Å². The topological polar surface area (TPSA) is 45.2 Å². The number of nitrogens with one attached hydrogen (secondary N) is 1. The fraction of sp³-hybridized carbons (Fsp3) is 0.300. The summed E-state index contributed by atoms with van der Waals surface area (Å²) in [5.41, 5.74) is 2.83. The summed E-state index contributed by atoms with van der Waals surface area (Å²) in [5, 5.41) is 3.00. The van der Waals surface area contributed by atoms with Gasteiger partial charge in [-0.2, -0.15) is 0 Å². The minimum Gasteiger partial charge on any atom is -0.322 e. The summed E-state index contributed by atoms with van der Waals surface area (Å²) < 4.78 is 0. The van der Waals surface area contributed by atoms with E-state index in [1.807, 2.05) is 59.5 Å². The predicted octanol–water partition coefficient (Wildman–Crippen LogP) is 4.66. The van der Waals surface area contributed by atoms with Crippen LogP contribution >= 0.6 is 0 Å². The molecule has 1 aliphatic heterocycles. The van der Waals surface area contributed by atoms with E-state index in [9.17, 15) is 4.79 Å². The van der Waals surface area contributed by atoms with Gasteiger partial charge in [0, 0.05) is 24.5 Å². The van der Waals surface area contributed by atoms with Gasteiger partial charge in [-0.25, -0.2) is 4.79 Å². The Balaban J connectivity index is 1.60. The van der Waals surface area contributed by atoms with Crippen molar-refractivity contribution in [2.45, 2.75) is 32.2 Å². The first-order valence-electron chi connectivity index (χ1n) is 8.53. The quantitative estimate of drug-likeness (QED) is 0.890. The first-order valence-corrected chi connectivity index (χ1v) is 8.53. The molecule has 2 aromatic rings. The van der Waals surface area contributed by atoms with Crippen LogP contribution in [0.5, 0.6) is 0 Å². The highest BCUT2D eigenvalue weighted by atomic mass is 16.2. The summed E-state index contributed by atoms with van der Waals surface area (Å²) in [6.07, 6.45) is 9.00. The van der Waals surface area contributed by atoms with E-state index >= 15 is 0 Å². The number of carbonyl (C=O) groups excluding carboxylic acids is 1. The van der Waals surface area contributed by atoms with Crippen molar-refractivity contribution in [2.24, 2.45) is 0 Å². The number of aromatic nitrogens is 1. The monoisotopic (exact) mass is 321 g/mol. The first-order chi connectivity index (χ1) is 11.8. The fourth-order valence-electron chi connectivity index (χ4n) is 3.06. The van der Waals surface area contributed by atoms with Gasteiger partial charge in [-0.15, -0.1) is 0 Å². The molecule has 0 radical (unpaired) electrons. The molecule has 0 unspecified atom stereocenters. The van der Waals surface area contributed by atoms with Gasteiger partial charge < -0.3 is 10.2 Å². The minimum absolute atomic E-state index is 0.0103. The van der Waals surface area contributed by atoms with Crippen LogP contribution in [0.25, 0.3) is 12.2 Å². The molecule has 4 nitrogen and oxygen atoms in total. The van der Waals surface area contributed by atoms with E-state index in [2.05, 4.69) is 17.2 Å². The molecule has 1 fully saturated rings. The van der Waals surface area contributed by atoms with Crippen molar-refractivity contribution in [2.75, 3.05) is 11.9 Å². The van der Waals surface area contributed by atoms with Crippen LogP contribution in [0.1, 0.15) is 37.4 Å². The van der Waals surface area contributed by atoms with Crippen LogP contribution in [-0.4, -0.2) is 28.5 Å². The molecule has 1 atom stereocenters. The van der Waals surface area contributed by atoms with Crippen molar-refractivity contribution in [1.29, 1.82) is 0 Å². The van der Waals surface area contributed by atoms with Crippen LogP contribution in [0.15, 0.2) is 48.7 Å². The molecule has 0 spiro atoms. The normalized spacial score (nSPS) is 17.4. The third kappa shape index (κ3) is 4.02. The number of anilines is 1. The van der Waals surface area contributed by atoms with Crippen LogP contribution in [0.2, 0.25) is 0 Å². The Morgan fingerprint density at radius 2 is 2.08 bits per heavy atom. The van der Waals surface area contributed by atoms with Crippen LogP contribution in [0, 0.1) is 0 Å². The Morgan fingerprint density at radius 3 is 2.79 bits per heavy atom. The molecule has 4 heteroatoms. The van der Waals surface area contributed by atoms with Crippen LogP contribution in [0.3, 0.4) is 0 Å². The third-order valence-electron chi connectivity index (χ3n) is 4.41. The number of hydrogen-bond acceptors (Lipinski definition) is 2. The molecule has 2 heterocycles. The number of urea groups is 1. The molecule has 1 aromatic carbocycles. The van der Waals surface area contributed by atoms with Crippen molar-refractivity contribution in [1.82, 2.24) is 9.88 Å². The Labute approximate surface area is 143 Å². The zero-order valence-corrected chi connectivity index (χ0v) is 14.0. The van der Waals surface area contributed by atoms with Gasteiger partial charge in [0.15, 0.2) is 0 Å². The molecule has 0 bridgehead atoms. The Bertz CT molecular complexity index is 695. The number of hydrogen-bond donors (Lipinski definition) is 1. The molecule has 0 aliphatic carbocycles. The second kappa shape index (κ2) is 7.77. The summed E-state index contributed by atoms with van der Waals surface area (Å²) in [5.74, 6) is 0. The molecule has 24 heavy (non-hydrogen) atoms. The lowest BCUT2D eigenvalue weighted by molar-refractivity contribution is 0.205. The largest absolute Gasteiger partial charge is 0.322 e. The lowest BCUT2D eigenvalue weighted by Gasteiger charge is -2.23. The molecule has 1 N–H and O–H groups in total. The van der Waals surface area contributed by atoms with E-state index in [0.29, 0.717) is 6.04 Å². The molecule has 1 aromatic heterocycles. The van der Waals surface area contributed by atoms with Gasteiger partial charge in [0.2, 0.25) is 0 Å². The zero-order chi connectivity index (χ0) is 16.8. The molecule has 1 aliphatic rings. The fourth-order valence-corrected chi connectivity index (χ4v) is 3.06. The lowest BCUT2D eigenvalue weighted by atomic mass is 10.1. The van der Waals surface area contributed by atoms with E-state index in [-0.39, 0.29) is 6.03 Å². The van der Waals surface area contributed by atoms with Gasteiger partial charge in [-0.1, -0.05) is 31.2 Å². The smallest absolute Gasteiger partial charge is 0.322 e. The SMILES string of the molecule is CC[C@H]1CCCN1C(=O)Nc1ccc(/C=C/c2ccccn2)cc1. The van der Waals surface area contributed by atoms with Gasteiger partial charge in [-0.3, -0.25) is 4.98 Å². The molecular weight excluding hydrogens is 298 g/mol. The van der Waals surface area contributed by atoms with E-state index in [1.165, 1.54) is 0 Å². The number of amides is 2. The Hall–Kier alpha value is -2.62. The highest BCUT2D eigenvalue weighted by Gasteiger charge is 2.27. The number of nitrogens with zero attached hydrogens (tertiary/aromatic N) is 2. The van der Waals surface area contributed by atoms with Crippen molar-refractivity contribution >= 4 is 23.9 Å². The summed E-state index contributed by atoms with van der Waals surface area (Å²) in [6, 6.07) is 14.1. The van der Waals surface area contributed by atoms with Crippen molar-refractivity contribution < 1.29 is 4.79 Å². The maximum Gasteiger partial charge on any atom is 0.322 e. The zero-order valence-electron chi connectivity index (χ0n) is 14.0. The van der Waals surface area contributed by atoms with Crippen molar-refractivity contribution in [3.05, 3.63) is 59.9 Å². The van der Waals surface area contributed by atoms with Crippen molar-refractivity contribution in [3.8, 4) is 0 Å². The summed E-state index contributed by atoms with van der Waals surface area (Å²) >= 11 is 0. The molecule has 0 saturated carbocycles. The van der Waals surface area contributed by atoms with Gasteiger partial charge in [-0.05, 0) is 55.2 Å². The molecule has 2 amide bonds. The third-order valence-corrected chi connectivity index (χ3v) is 4.41. The number of rotatable bonds is 4. The summed E-state index contributed by atoms with van der Waals surface area (Å²) in [4.78, 5) is 18.6. The predicted molar refractivity (Wildman–Crippen MR) is 98.6 cm³/mol. The second-order valence-electron chi connectivity index (χ2n) is 6.04. The summed E-state index contributed by atoms with van der Waals surface area (Å²) in [6.45, 7) is 2.99. The maximum absolute atomic E-state index is 12.4. The van der Waals surface area contributed by atoms with Gasteiger partial charge in [0.25, 0.3) is 0 Å². The average molecular weight is 321 g/mol. The van der Waals surface area contributed by atoms with E-state index in [0.717, 1.165) is 42.8 Å². The molecular formula is C20H23N3O. The number of benzene rings is 1. The van der Waals surface area contributed by atoms with Gasteiger partial charge in [0.05, 0.1) is 5.69 Å². The van der Waals surface area contributed by atoms with Crippen LogP contribution in [-0.2, 0) is 0 Å². The second-order valence-corrected chi connectivity index (χ2v) is 6.04. The van der Waals surface area contributed by atoms with Crippen molar-refractivity contribution in [3.63, 3.8) is 0 Å². The summed E-state index contributed by atoms with van der Waals surface area (Å²) in [7, 11) is 0. The maximum atomic E-state index is 12.4. The lowest BCUT2D eigenvalue weighted by Crippen LogP contribution is -2.38.